The zero-order valence-corrected chi connectivity index (χ0v) is 30.1. The zero-order chi connectivity index (χ0) is 31.4. The van der Waals surface area contributed by atoms with E-state index >= 15 is 0 Å². The van der Waals surface area contributed by atoms with E-state index in [4.69, 9.17) is 4.98 Å². The fraction of sp³-hybridized carbons (Fsp3) is 0.833. The Hall–Kier alpha value is -1.31. The molecule has 2 atom stereocenters. The first-order chi connectivity index (χ1) is 21.7. The summed E-state index contributed by atoms with van der Waals surface area (Å²) in [5.74, 6) is 1.31. The lowest BCUT2D eigenvalue weighted by atomic mass is 9.76. The highest BCUT2D eigenvalue weighted by Gasteiger charge is 2.34. The van der Waals surface area contributed by atoms with Crippen molar-refractivity contribution < 1.29 is 0 Å². The van der Waals surface area contributed by atoms with Gasteiger partial charge in [0.05, 0.1) is 5.41 Å². The summed E-state index contributed by atoms with van der Waals surface area (Å²) in [6, 6.07) is 0.535. The largest absolute Gasteiger partial charge is 0.331 e. The Morgan fingerprint density at radius 1 is 0.591 bits per heavy atom. The van der Waals surface area contributed by atoms with E-state index in [0.29, 0.717) is 6.04 Å². The molecular weight excluding hydrogens is 532 g/mol. The molecule has 0 bridgehead atoms. The van der Waals surface area contributed by atoms with E-state index in [2.05, 4.69) is 62.0 Å². The van der Waals surface area contributed by atoms with Crippen molar-refractivity contribution in [2.45, 2.75) is 225 Å². The maximum Gasteiger partial charge on any atom is 0.119 e. The van der Waals surface area contributed by atoms with E-state index in [0.717, 1.165) is 6.42 Å². The van der Waals surface area contributed by atoms with Crippen LogP contribution in [0.1, 0.15) is 225 Å². The Morgan fingerprint density at radius 3 is 1.45 bits per heavy atom. The van der Waals surface area contributed by atoms with Gasteiger partial charge in [0.15, 0.2) is 0 Å². The standard InChI is InChI=1S/C42H76N2/c1-4-6-8-10-12-14-16-17-18-19-20-22-24-26-28-31-35-42(36-32-29-33-37-42)41-43-38-39-44(41)40(3)34-30-27-25-23-21-15-13-11-9-7-5-2/h29,32-33,36,38-40H,4-28,30-31,34-35,37H2,1-3H3. The Balaban J connectivity index is 1.58. The number of nitrogens with zero attached hydrogens (tertiary/aromatic N) is 2. The Kier molecular flexibility index (Phi) is 23.7. The van der Waals surface area contributed by atoms with Gasteiger partial charge in [-0.1, -0.05) is 212 Å². The Morgan fingerprint density at radius 2 is 1.02 bits per heavy atom. The third-order valence-electron chi connectivity index (χ3n) is 10.4. The minimum Gasteiger partial charge on any atom is -0.331 e. The lowest BCUT2D eigenvalue weighted by Gasteiger charge is -2.33. The summed E-state index contributed by atoms with van der Waals surface area (Å²) >= 11 is 0. The van der Waals surface area contributed by atoms with Crippen molar-refractivity contribution in [2.24, 2.45) is 0 Å². The Bertz CT molecular complexity index is 819. The van der Waals surface area contributed by atoms with Gasteiger partial charge in [0, 0.05) is 18.4 Å². The summed E-state index contributed by atoms with van der Waals surface area (Å²) in [5, 5.41) is 0. The van der Waals surface area contributed by atoms with Crippen molar-refractivity contribution >= 4 is 0 Å². The van der Waals surface area contributed by atoms with Crippen LogP contribution in [0.2, 0.25) is 0 Å². The molecule has 2 unspecified atom stereocenters. The van der Waals surface area contributed by atoms with Gasteiger partial charge in [-0.25, -0.2) is 4.98 Å². The molecule has 1 aromatic rings. The number of rotatable bonds is 31. The van der Waals surface area contributed by atoms with Crippen LogP contribution in [0.25, 0.3) is 0 Å². The van der Waals surface area contributed by atoms with Crippen molar-refractivity contribution in [2.75, 3.05) is 0 Å². The van der Waals surface area contributed by atoms with Crippen LogP contribution in [-0.4, -0.2) is 9.55 Å². The van der Waals surface area contributed by atoms with Crippen LogP contribution in [0.5, 0.6) is 0 Å². The molecule has 1 aliphatic carbocycles. The fourth-order valence-electron chi connectivity index (χ4n) is 7.41. The molecule has 1 aromatic heterocycles. The predicted octanol–water partition coefficient (Wildman–Crippen LogP) is 14.6. The van der Waals surface area contributed by atoms with Gasteiger partial charge >= 0.3 is 0 Å². The minimum absolute atomic E-state index is 0.0830. The molecule has 2 rings (SSSR count). The van der Waals surface area contributed by atoms with Crippen molar-refractivity contribution in [3.8, 4) is 0 Å². The number of unbranched alkanes of at least 4 members (excludes halogenated alkanes) is 25. The highest BCUT2D eigenvalue weighted by molar-refractivity contribution is 5.29. The monoisotopic (exact) mass is 609 g/mol. The molecule has 44 heavy (non-hydrogen) atoms. The van der Waals surface area contributed by atoms with E-state index in [-0.39, 0.29) is 5.41 Å². The van der Waals surface area contributed by atoms with Gasteiger partial charge in [-0.05, 0) is 26.2 Å². The van der Waals surface area contributed by atoms with Crippen LogP contribution in [0, 0.1) is 0 Å². The highest BCUT2D eigenvalue weighted by atomic mass is 15.1. The normalized spacial score (nSPS) is 17.1. The average Bonchev–Trinajstić information content (AvgIpc) is 3.55. The lowest BCUT2D eigenvalue weighted by Crippen LogP contribution is -2.29. The summed E-state index contributed by atoms with van der Waals surface area (Å²) in [6.07, 6.45) is 55.7. The molecule has 0 radical (unpaired) electrons. The number of allylic oxidation sites excluding steroid dienone is 4. The van der Waals surface area contributed by atoms with Gasteiger partial charge in [0.2, 0.25) is 0 Å². The molecule has 2 nitrogen and oxygen atoms in total. The molecule has 254 valence electrons. The first-order valence-corrected chi connectivity index (χ1v) is 20.1. The van der Waals surface area contributed by atoms with Gasteiger partial charge < -0.3 is 4.57 Å². The summed E-state index contributed by atoms with van der Waals surface area (Å²) in [7, 11) is 0. The molecule has 0 aromatic carbocycles. The number of imidazole rings is 1. The minimum atomic E-state index is 0.0830. The SMILES string of the molecule is CCCCCCCCCCCCCCCCCCC1(c2nccn2C(C)CCCCCCCCCCCCC)C=CC=CC1. The van der Waals surface area contributed by atoms with Crippen molar-refractivity contribution in [1.29, 1.82) is 0 Å². The van der Waals surface area contributed by atoms with Crippen molar-refractivity contribution in [3.05, 3.63) is 42.5 Å². The summed E-state index contributed by atoms with van der Waals surface area (Å²) < 4.78 is 2.53. The molecule has 0 aliphatic heterocycles. The quantitative estimate of drug-likeness (QED) is 0.0767. The first-order valence-electron chi connectivity index (χ1n) is 20.1. The van der Waals surface area contributed by atoms with E-state index in [9.17, 15) is 0 Å². The molecule has 0 N–H and O–H groups in total. The van der Waals surface area contributed by atoms with E-state index in [1.165, 1.54) is 192 Å². The number of aromatic nitrogens is 2. The Labute approximate surface area is 276 Å². The topological polar surface area (TPSA) is 17.8 Å². The maximum atomic E-state index is 5.01. The lowest BCUT2D eigenvalue weighted by molar-refractivity contribution is 0.380. The molecule has 0 fully saturated rings. The van der Waals surface area contributed by atoms with Crippen LogP contribution >= 0.6 is 0 Å². The molecular formula is C42H76N2. The van der Waals surface area contributed by atoms with Gasteiger partial charge in [0.25, 0.3) is 0 Å². The second-order valence-electron chi connectivity index (χ2n) is 14.5. The van der Waals surface area contributed by atoms with Crippen LogP contribution < -0.4 is 0 Å². The summed E-state index contributed by atoms with van der Waals surface area (Å²) in [6.45, 7) is 7.03. The summed E-state index contributed by atoms with van der Waals surface area (Å²) in [4.78, 5) is 5.01. The zero-order valence-electron chi connectivity index (χ0n) is 30.1. The second-order valence-corrected chi connectivity index (χ2v) is 14.5. The molecule has 1 heterocycles. The van der Waals surface area contributed by atoms with Crippen LogP contribution in [0.3, 0.4) is 0 Å². The number of hydrogen-bond acceptors (Lipinski definition) is 1. The fourth-order valence-corrected chi connectivity index (χ4v) is 7.41. The van der Waals surface area contributed by atoms with Gasteiger partial charge in [-0.3, -0.25) is 0 Å². The molecule has 0 saturated carbocycles. The molecule has 2 heteroatoms. The second kappa shape index (κ2) is 26.9. The smallest absolute Gasteiger partial charge is 0.119 e. The van der Waals surface area contributed by atoms with Gasteiger partial charge in [-0.2, -0.15) is 0 Å². The van der Waals surface area contributed by atoms with E-state index in [1.807, 2.05) is 0 Å². The van der Waals surface area contributed by atoms with Gasteiger partial charge in [0.1, 0.15) is 5.82 Å². The first kappa shape index (κ1) is 38.9. The highest BCUT2D eigenvalue weighted by Crippen LogP contribution is 2.38. The van der Waals surface area contributed by atoms with Crippen LogP contribution in [0.4, 0.5) is 0 Å². The molecule has 0 saturated heterocycles. The molecule has 0 spiro atoms. The van der Waals surface area contributed by atoms with Crippen LogP contribution in [-0.2, 0) is 5.41 Å². The average molecular weight is 609 g/mol. The van der Waals surface area contributed by atoms with E-state index in [1.54, 1.807) is 0 Å². The number of hydrogen-bond donors (Lipinski definition) is 0. The molecule has 0 amide bonds. The van der Waals surface area contributed by atoms with E-state index < -0.39 is 0 Å². The molecule has 1 aliphatic rings. The maximum absolute atomic E-state index is 5.01. The third kappa shape index (κ3) is 17.4. The van der Waals surface area contributed by atoms with Crippen LogP contribution in [0.15, 0.2) is 36.7 Å². The predicted molar refractivity (Wildman–Crippen MR) is 197 cm³/mol. The van der Waals surface area contributed by atoms with Crippen molar-refractivity contribution in [1.82, 2.24) is 9.55 Å². The van der Waals surface area contributed by atoms with Gasteiger partial charge in [-0.15, -0.1) is 0 Å². The van der Waals surface area contributed by atoms with Crippen molar-refractivity contribution in [3.63, 3.8) is 0 Å². The third-order valence-corrected chi connectivity index (χ3v) is 10.4. The summed E-state index contributed by atoms with van der Waals surface area (Å²) in [5.41, 5.74) is 0.0830.